The Morgan fingerprint density at radius 3 is 2.23 bits per heavy atom. The van der Waals surface area contributed by atoms with Gasteiger partial charge in [-0.2, -0.15) is 0 Å². The highest BCUT2D eigenvalue weighted by molar-refractivity contribution is 6.00. The second-order valence-electron chi connectivity index (χ2n) is 7.35. The number of ketones is 1. The number of rotatable bonds is 8. The summed E-state index contributed by atoms with van der Waals surface area (Å²) in [6.45, 7) is 9.14. The summed E-state index contributed by atoms with van der Waals surface area (Å²) in [7, 11) is 0. The van der Waals surface area contributed by atoms with Gasteiger partial charge in [-0.05, 0) is 44.9 Å². The van der Waals surface area contributed by atoms with E-state index in [1.54, 1.807) is 19.9 Å². The maximum absolute atomic E-state index is 13.8. The molecule has 1 heterocycles. The van der Waals surface area contributed by atoms with Gasteiger partial charge in [0.1, 0.15) is 23.2 Å². The number of ether oxygens (including phenoxy) is 1. The summed E-state index contributed by atoms with van der Waals surface area (Å²) in [4.78, 5) is 37.3. The van der Waals surface area contributed by atoms with Gasteiger partial charge in [0, 0.05) is 23.5 Å². The lowest BCUT2D eigenvalue weighted by Crippen LogP contribution is -2.46. The Labute approximate surface area is 174 Å². The number of benzene rings is 1. The number of carbonyl (C=O) groups is 3. The topological polar surface area (TPSA) is 77.4 Å². The number of aryl methyl sites for hydroxylation is 1. The predicted octanol–water partition coefficient (Wildman–Crippen LogP) is 3.58. The fourth-order valence-corrected chi connectivity index (χ4v) is 3.30. The number of aromatic nitrogens is 1. The smallest absolute Gasteiger partial charge is 0.329 e. The van der Waals surface area contributed by atoms with Crippen LogP contribution in [0, 0.1) is 31.4 Å². The molecule has 0 aliphatic heterocycles. The summed E-state index contributed by atoms with van der Waals surface area (Å²) in [6.07, 6.45) is 0. The Hall–Kier alpha value is -3.03. The van der Waals surface area contributed by atoms with Crippen LogP contribution in [0.2, 0.25) is 0 Å². The molecule has 0 aliphatic rings. The predicted molar refractivity (Wildman–Crippen MR) is 107 cm³/mol. The number of hydrogen-bond acceptors (Lipinski definition) is 4. The third kappa shape index (κ3) is 4.93. The van der Waals surface area contributed by atoms with Crippen LogP contribution in [0.4, 0.5) is 8.78 Å². The quantitative estimate of drug-likeness (QED) is 0.523. The van der Waals surface area contributed by atoms with Crippen molar-refractivity contribution < 1.29 is 27.9 Å². The molecule has 0 bridgehead atoms. The van der Waals surface area contributed by atoms with Gasteiger partial charge in [-0.25, -0.2) is 13.6 Å². The van der Waals surface area contributed by atoms with E-state index in [0.717, 1.165) is 29.6 Å². The van der Waals surface area contributed by atoms with E-state index in [0.29, 0.717) is 12.1 Å². The van der Waals surface area contributed by atoms with Crippen LogP contribution < -0.4 is 5.32 Å². The summed E-state index contributed by atoms with van der Waals surface area (Å²) in [5.74, 6) is -4.80. The Bertz CT molecular complexity index is 946. The van der Waals surface area contributed by atoms with Crippen LogP contribution in [-0.2, 0) is 16.1 Å². The first-order valence-electron chi connectivity index (χ1n) is 9.69. The number of halogens is 2. The Balaban J connectivity index is 2.09. The highest BCUT2D eigenvalue weighted by Crippen LogP contribution is 2.17. The van der Waals surface area contributed by atoms with Gasteiger partial charge in [0.15, 0.2) is 6.61 Å². The Kier molecular flexibility index (Phi) is 7.48. The van der Waals surface area contributed by atoms with E-state index < -0.39 is 47.6 Å². The molecule has 0 fully saturated rings. The molecule has 0 radical (unpaired) electrons. The van der Waals surface area contributed by atoms with E-state index in [9.17, 15) is 23.2 Å². The molecule has 2 aromatic rings. The van der Waals surface area contributed by atoms with E-state index >= 15 is 0 Å². The second kappa shape index (κ2) is 9.65. The number of nitrogens with zero attached hydrogens (tertiary/aromatic N) is 1. The summed E-state index contributed by atoms with van der Waals surface area (Å²) in [5, 5.41) is 2.30. The Morgan fingerprint density at radius 2 is 1.73 bits per heavy atom. The first kappa shape index (κ1) is 23.3. The number of Topliss-reactive ketones (excluding diaryl/α,β-unsaturated/α-hetero) is 1. The Morgan fingerprint density at radius 1 is 1.13 bits per heavy atom. The molecule has 1 aromatic carbocycles. The molecule has 1 aromatic heterocycles. The minimum atomic E-state index is -1.17. The normalized spacial score (nSPS) is 12.0. The lowest BCUT2D eigenvalue weighted by Gasteiger charge is -2.21. The van der Waals surface area contributed by atoms with Gasteiger partial charge in [0.05, 0.1) is 0 Å². The van der Waals surface area contributed by atoms with Gasteiger partial charge in [0.25, 0.3) is 5.91 Å². The molecule has 30 heavy (non-hydrogen) atoms. The number of carbonyl (C=O) groups excluding carboxylic acids is 3. The van der Waals surface area contributed by atoms with Crippen LogP contribution in [0.1, 0.15) is 52.9 Å². The molecule has 0 saturated carbocycles. The van der Waals surface area contributed by atoms with Crippen molar-refractivity contribution in [3.05, 3.63) is 58.4 Å². The molecule has 0 spiro atoms. The second-order valence-corrected chi connectivity index (χ2v) is 7.35. The van der Waals surface area contributed by atoms with Crippen LogP contribution >= 0.6 is 0 Å². The zero-order chi connectivity index (χ0) is 22.6. The molecule has 8 heteroatoms. The van der Waals surface area contributed by atoms with Crippen molar-refractivity contribution in [2.75, 3.05) is 6.61 Å². The van der Waals surface area contributed by atoms with Gasteiger partial charge in [-0.15, -0.1) is 0 Å². The molecule has 162 valence electrons. The highest BCUT2D eigenvalue weighted by atomic mass is 19.1. The first-order valence-corrected chi connectivity index (χ1v) is 9.69. The molecule has 0 saturated heterocycles. The summed E-state index contributed by atoms with van der Waals surface area (Å²) in [5.41, 5.74) is 1.38. The number of amides is 1. The minimum absolute atomic E-state index is 0.370. The van der Waals surface area contributed by atoms with Crippen LogP contribution in [0.25, 0.3) is 0 Å². The number of nitrogens with one attached hydrogen (secondary N) is 1. The van der Waals surface area contributed by atoms with Crippen molar-refractivity contribution in [2.45, 2.75) is 47.2 Å². The SMILES string of the molecule is CCn1c(C)cc(C(=O)COC(=O)[C@@H](NC(=O)c2c(F)cccc2F)C(C)C)c1C. The standard InChI is InChI=1S/C22H26F2N2O4/c1-6-26-13(4)10-15(14(26)5)18(27)11-30-22(29)20(12(2)3)25-21(28)19-16(23)8-7-9-17(19)24/h7-10,12,20H,6,11H2,1-5H3,(H,25,28)/t20-/m0/s1. The van der Waals surface area contributed by atoms with E-state index in [1.165, 1.54) is 0 Å². The average Bonchev–Trinajstić information content (AvgIpc) is 2.97. The molecule has 6 nitrogen and oxygen atoms in total. The van der Waals surface area contributed by atoms with Crippen molar-refractivity contribution in [1.82, 2.24) is 9.88 Å². The van der Waals surface area contributed by atoms with Gasteiger partial charge in [0.2, 0.25) is 5.78 Å². The third-order valence-corrected chi connectivity index (χ3v) is 4.93. The van der Waals surface area contributed by atoms with Crippen LogP contribution in [0.15, 0.2) is 24.3 Å². The van der Waals surface area contributed by atoms with Crippen LogP contribution in [0.3, 0.4) is 0 Å². The fraction of sp³-hybridized carbons (Fsp3) is 0.409. The van der Waals surface area contributed by atoms with Gasteiger partial charge < -0.3 is 14.6 Å². The lowest BCUT2D eigenvalue weighted by molar-refractivity contribution is -0.145. The zero-order valence-electron chi connectivity index (χ0n) is 17.7. The highest BCUT2D eigenvalue weighted by Gasteiger charge is 2.29. The lowest BCUT2D eigenvalue weighted by atomic mass is 10.0. The number of esters is 1. The molecular formula is C22H26F2N2O4. The van der Waals surface area contributed by atoms with Crippen molar-refractivity contribution >= 4 is 17.7 Å². The number of hydrogen-bond donors (Lipinski definition) is 1. The molecular weight excluding hydrogens is 394 g/mol. The zero-order valence-corrected chi connectivity index (χ0v) is 17.7. The molecule has 2 rings (SSSR count). The maximum Gasteiger partial charge on any atom is 0.329 e. The van der Waals surface area contributed by atoms with Gasteiger partial charge in [-0.1, -0.05) is 19.9 Å². The van der Waals surface area contributed by atoms with Crippen molar-refractivity contribution in [2.24, 2.45) is 5.92 Å². The summed E-state index contributed by atoms with van der Waals surface area (Å²) < 4.78 is 34.8. The molecule has 1 atom stereocenters. The van der Waals surface area contributed by atoms with Gasteiger partial charge >= 0.3 is 5.97 Å². The summed E-state index contributed by atoms with van der Waals surface area (Å²) in [6, 6.07) is 3.60. The molecule has 0 unspecified atom stereocenters. The monoisotopic (exact) mass is 420 g/mol. The van der Waals surface area contributed by atoms with Crippen molar-refractivity contribution in [1.29, 1.82) is 0 Å². The van der Waals surface area contributed by atoms with Crippen molar-refractivity contribution in [3.8, 4) is 0 Å². The van der Waals surface area contributed by atoms with Crippen LogP contribution in [-0.4, -0.2) is 34.9 Å². The average molecular weight is 420 g/mol. The minimum Gasteiger partial charge on any atom is -0.456 e. The molecule has 1 N–H and O–H groups in total. The fourth-order valence-electron chi connectivity index (χ4n) is 3.30. The largest absolute Gasteiger partial charge is 0.456 e. The van der Waals surface area contributed by atoms with E-state index in [2.05, 4.69) is 5.32 Å². The third-order valence-electron chi connectivity index (χ3n) is 4.93. The van der Waals surface area contributed by atoms with Crippen LogP contribution in [0.5, 0.6) is 0 Å². The van der Waals surface area contributed by atoms with E-state index in [4.69, 9.17) is 4.74 Å². The molecule has 1 amide bonds. The maximum atomic E-state index is 13.8. The first-order chi connectivity index (χ1) is 14.1. The van der Waals surface area contributed by atoms with E-state index in [-0.39, 0.29) is 5.78 Å². The van der Waals surface area contributed by atoms with Crippen molar-refractivity contribution in [3.63, 3.8) is 0 Å². The molecule has 0 aliphatic carbocycles. The van der Waals surface area contributed by atoms with E-state index in [1.807, 2.05) is 25.3 Å². The van der Waals surface area contributed by atoms with Gasteiger partial charge in [-0.3, -0.25) is 9.59 Å². The summed E-state index contributed by atoms with van der Waals surface area (Å²) >= 11 is 0.